The van der Waals surface area contributed by atoms with Crippen LogP contribution in [0.2, 0.25) is 0 Å². The van der Waals surface area contributed by atoms with Crippen LogP contribution in [0.5, 0.6) is 0 Å². The molecule has 8 nitrogen and oxygen atoms in total. The lowest BCUT2D eigenvalue weighted by Crippen LogP contribution is -2.61. The number of rotatable bonds is 9. The van der Waals surface area contributed by atoms with Crippen molar-refractivity contribution in [2.45, 2.75) is 12.2 Å². The average molecular weight is 400 g/mol. The number of carbonyl (C=O) groups is 1. The number of piperazine rings is 1. The number of nitrogens with zero attached hydrogens (tertiary/aromatic N) is 2. The molecule has 0 aliphatic carbocycles. The Morgan fingerprint density at radius 1 is 1.32 bits per heavy atom. The van der Waals surface area contributed by atoms with Gasteiger partial charge in [-0.1, -0.05) is 0 Å². The summed E-state index contributed by atoms with van der Waals surface area (Å²) in [5.41, 5.74) is 0. The van der Waals surface area contributed by atoms with E-state index in [9.17, 15) is 15.0 Å². The minimum absolute atomic E-state index is 0.165. The lowest BCUT2D eigenvalue weighted by molar-refractivity contribution is -0.946. The molecule has 0 aromatic carbocycles. The molecule has 1 saturated heterocycles. The molecule has 0 aromatic heterocycles. The van der Waals surface area contributed by atoms with E-state index in [1.807, 2.05) is 0 Å². The predicted octanol–water partition coefficient (Wildman–Crippen LogP) is -0.381. The smallest absolute Gasteiger partial charge is 0.378 e. The fourth-order valence-electron chi connectivity index (χ4n) is 3.02. The van der Waals surface area contributed by atoms with Gasteiger partial charge in [0.25, 0.3) is 5.76 Å². The first kappa shape index (κ1) is 20.5. The SMILES string of the molecule is O=C1O[C@@H]([C@@H](O)CO)C(O)=C1OC[N+]1(CCCl)CCN(CCCl)CC1. The van der Waals surface area contributed by atoms with Gasteiger partial charge in [-0.2, -0.15) is 0 Å². The third-order valence-corrected chi connectivity index (χ3v) is 5.02. The van der Waals surface area contributed by atoms with Crippen LogP contribution >= 0.6 is 23.2 Å². The second kappa shape index (κ2) is 9.25. The molecule has 2 rings (SSSR count). The highest BCUT2D eigenvalue weighted by atomic mass is 35.5. The number of hydrogen-bond acceptors (Lipinski definition) is 7. The van der Waals surface area contributed by atoms with Gasteiger partial charge in [0.05, 0.1) is 32.1 Å². The molecule has 2 heterocycles. The van der Waals surface area contributed by atoms with E-state index >= 15 is 0 Å². The molecule has 25 heavy (non-hydrogen) atoms. The highest BCUT2D eigenvalue weighted by molar-refractivity contribution is 6.18. The summed E-state index contributed by atoms with van der Waals surface area (Å²) in [7, 11) is 0. The summed E-state index contributed by atoms with van der Waals surface area (Å²) < 4.78 is 11.0. The standard InChI is InChI=1S/C15H24Cl2N2O6/c16-1-3-18-4-7-19(6-2-17,8-5-18)10-24-14-12(22)13(11(21)9-20)25-15(14)23/h11,13,20-21H,1-10H2/p+1/t11-,13-/m0/s1. The molecule has 144 valence electrons. The molecule has 2 aliphatic rings. The van der Waals surface area contributed by atoms with Gasteiger partial charge in [-0.05, 0) is 0 Å². The minimum atomic E-state index is -1.39. The molecule has 1 fully saturated rings. The van der Waals surface area contributed by atoms with Crippen LogP contribution in [-0.2, 0) is 14.3 Å². The normalized spacial score (nSPS) is 25.1. The molecule has 0 spiro atoms. The average Bonchev–Trinajstić information content (AvgIpc) is 2.89. The minimum Gasteiger partial charge on any atom is -0.505 e. The lowest BCUT2D eigenvalue weighted by atomic mass is 10.2. The number of alkyl halides is 2. The maximum Gasteiger partial charge on any atom is 0.378 e. The van der Waals surface area contributed by atoms with Crippen molar-refractivity contribution in [1.29, 1.82) is 0 Å². The molecule has 0 amide bonds. The summed E-state index contributed by atoms with van der Waals surface area (Å²) in [6.07, 6.45) is -2.69. The van der Waals surface area contributed by atoms with Gasteiger partial charge >= 0.3 is 5.97 Å². The fourth-order valence-corrected chi connectivity index (χ4v) is 3.62. The number of cyclic esters (lactones) is 1. The zero-order chi connectivity index (χ0) is 18.4. The summed E-state index contributed by atoms with van der Waals surface area (Å²) in [4.78, 5) is 14.1. The van der Waals surface area contributed by atoms with E-state index in [2.05, 4.69) is 4.90 Å². The van der Waals surface area contributed by atoms with Crippen molar-refractivity contribution in [2.24, 2.45) is 0 Å². The number of aliphatic hydroxyl groups is 3. The van der Waals surface area contributed by atoms with Gasteiger partial charge in [0.15, 0.2) is 11.9 Å². The number of hydrogen-bond donors (Lipinski definition) is 3. The first-order valence-electron chi connectivity index (χ1n) is 8.21. The van der Waals surface area contributed by atoms with Gasteiger partial charge < -0.3 is 24.8 Å². The zero-order valence-corrected chi connectivity index (χ0v) is 15.5. The van der Waals surface area contributed by atoms with E-state index in [-0.39, 0.29) is 12.5 Å². The van der Waals surface area contributed by atoms with Crippen LogP contribution in [0.15, 0.2) is 11.5 Å². The Morgan fingerprint density at radius 3 is 2.56 bits per heavy atom. The molecular formula is C15H25Cl2N2O6+. The van der Waals surface area contributed by atoms with Gasteiger partial charge in [-0.3, -0.25) is 9.38 Å². The van der Waals surface area contributed by atoms with Crippen LogP contribution in [0.4, 0.5) is 0 Å². The Morgan fingerprint density at radius 2 is 2.00 bits per heavy atom. The van der Waals surface area contributed by atoms with Crippen LogP contribution in [0, 0.1) is 0 Å². The van der Waals surface area contributed by atoms with Crippen LogP contribution in [-0.4, -0.2) is 107 Å². The van der Waals surface area contributed by atoms with E-state index < -0.39 is 30.5 Å². The number of aliphatic hydroxyl groups excluding tert-OH is 3. The Kier molecular flexibility index (Phi) is 7.60. The van der Waals surface area contributed by atoms with Gasteiger partial charge in [-0.25, -0.2) is 4.79 Å². The molecule has 0 saturated carbocycles. The number of quaternary nitrogens is 1. The monoisotopic (exact) mass is 399 g/mol. The number of carbonyl (C=O) groups excluding carboxylic acids is 1. The summed E-state index contributed by atoms with van der Waals surface area (Å²) in [5.74, 6) is -0.628. The zero-order valence-electron chi connectivity index (χ0n) is 13.9. The topological polar surface area (TPSA) is 99.5 Å². The summed E-state index contributed by atoms with van der Waals surface area (Å²) in [5, 5.41) is 28.6. The molecule has 0 radical (unpaired) electrons. The number of esters is 1. The Hall–Kier alpha value is -0.770. The van der Waals surface area contributed by atoms with Crippen molar-refractivity contribution in [1.82, 2.24) is 4.90 Å². The van der Waals surface area contributed by atoms with Gasteiger partial charge in [0, 0.05) is 25.5 Å². The van der Waals surface area contributed by atoms with Gasteiger partial charge in [0.1, 0.15) is 6.10 Å². The second-order valence-corrected chi connectivity index (χ2v) is 7.05. The number of halogens is 2. The largest absolute Gasteiger partial charge is 0.505 e. The fraction of sp³-hybridized carbons (Fsp3) is 0.800. The van der Waals surface area contributed by atoms with Crippen molar-refractivity contribution in [3.63, 3.8) is 0 Å². The Labute approximate surface area is 156 Å². The first-order chi connectivity index (χ1) is 12.0. The van der Waals surface area contributed by atoms with Crippen molar-refractivity contribution in [2.75, 3.05) is 64.4 Å². The summed E-state index contributed by atoms with van der Waals surface area (Å²) >= 11 is 11.7. The van der Waals surface area contributed by atoms with Crippen molar-refractivity contribution >= 4 is 29.2 Å². The maximum atomic E-state index is 11.9. The highest BCUT2D eigenvalue weighted by Crippen LogP contribution is 2.25. The molecule has 2 atom stereocenters. The molecule has 0 bridgehead atoms. The predicted molar refractivity (Wildman–Crippen MR) is 91.3 cm³/mol. The molecule has 2 aliphatic heterocycles. The van der Waals surface area contributed by atoms with E-state index in [4.69, 9.17) is 37.8 Å². The lowest BCUT2D eigenvalue weighted by Gasteiger charge is -2.43. The van der Waals surface area contributed by atoms with Gasteiger partial charge in [0.2, 0.25) is 6.73 Å². The van der Waals surface area contributed by atoms with Crippen LogP contribution in [0.3, 0.4) is 0 Å². The van der Waals surface area contributed by atoms with E-state index in [1.54, 1.807) is 0 Å². The highest BCUT2D eigenvalue weighted by Gasteiger charge is 2.42. The molecule has 10 heteroatoms. The van der Waals surface area contributed by atoms with Crippen LogP contribution in [0.25, 0.3) is 0 Å². The summed E-state index contributed by atoms with van der Waals surface area (Å²) in [6.45, 7) is 4.27. The van der Waals surface area contributed by atoms with Gasteiger partial charge in [-0.15, -0.1) is 23.2 Å². The van der Waals surface area contributed by atoms with Crippen molar-refractivity contribution < 1.29 is 34.1 Å². The van der Waals surface area contributed by atoms with Crippen molar-refractivity contribution in [3.8, 4) is 0 Å². The quantitative estimate of drug-likeness (QED) is 0.276. The summed E-state index contributed by atoms with van der Waals surface area (Å²) in [6, 6.07) is 0. The Balaban J connectivity index is 2.01. The molecule has 3 N–H and O–H groups in total. The third-order valence-electron chi connectivity index (χ3n) is 4.68. The number of ether oxygens (including phenoxy) is 2. The Bertz CT molecular complexity index is 496. The van der Waals surface area contributed by atoms with Crippen LogP contribution < -0.4 is 0 Å². The first-order valence-corrected chi connectivity index (χ1v) is 9.28. The third kappa shape index (κ3) is 4.90. The molecular weight excluding hydrogens is 375 g/mol. The maximum absolute atomic E-state index is 11.9. The van der Waals surface area contributed by atoms with E-state index in [0.29, 0.717) is 22.8 Å². The molecule has 0 aromatic rings. The van der Waals surface area contributed by atoms with E-state index in [1.165, 1.54) is 0 Å². The molecule has 0 unspecified atom stereocenters. The van der Waals surface area contributed by atoms with Crippen molar-refractivity contribution in [3.05, 3.63) is 11.5 Å². The second-order valence-electron chi connectivity index (χ2n) is 6.30. The van der Waals surface area contributed by atoms with E-state index in [0.717, 1.165) is 32.7 Å². The van der Waals surface area contributed by atoms with Crippen LogP contribution in [0.1, 0.15) is 0 Å².